The van der Waals surface area contributed by atoms with Gasteiger partial charge in [0.15, 0.2) is 5.76 Å². The molecular weight excluding hydrogens is 240 g/mol. The van der Waals surface area contributed by atoms with Crippen molar-refractivity contribution in [2.75, 3.05) is 0 Å². The minimum absolute atomic E-state index is 0.338. The molecule has 0 radical (unpaired) electrons. The molecule has 0 saturated carbocycles. The monoisotopic (exact) mass is 256 g/mol. The van der Waals surface area contributed by atoms with E-state index in [1.54, 1.807) is 18.4 Å². The molecule has 1 heterocycles. The zero-order valence-electron chi connectivity index (χ0n) is 11.0. The minimum atomic E-state index is 0.338. The summed E-state index contributed by atoms with van der Waals surface area (Å²) in [5.41, 5.74) is 2.91. The lowest BCUT2D eigenvalue weighted by Gasteiger charge is -2.08. The number of furan rings is 1. The number of benzene rings is 1. The maximum atomic E-state index is 8.16. The Morgan fingerprint density at radius 2 is 2.00 bits per heavy atom. The van der Waals surface area contributed by atoms with Gasteiger partial charge < -0.3 is 9.25 Å². The highest BCUT2D eigenvalue weighted by atomic mass is 16.6. The first-order valence-electron chi connectivity index (χ1n) is 6.02. The zero-order valence-corrected chi connectivity index (χ0v) is 11.0. The quantitative estimate of drug-likeness (QED) is 0.656. The van der Waals surface area contributed by atoms with Gasteiger partial charge in [0, 0.05) is 11.1 Å². The molecule has 0 bridgehead atoms. The summed E-state index contributed by atoms with van der Waals surface area (Å²) in [6.45, 7) is 4.08. The average Bonchev–Trinajstić information content (AvgIpc) is 2.92. The van der Waals surface area contributed by atoms with E-state index in [-0.39, 0.29) is 0 Å². The van der Waals surface area contributed by atoms with Gasteiger partial charge in [0.2, 0.25) is 0 Å². The van der Waals surface area contributed by atoms with E-state index in [1.807, 2.05) is 38.1 Å². The van der Waals surface area contributed by atoms with Crippen LogP contribution in [0.5, 0.6) is 0 Å². The van der Waals surface area contributed by atoms with Gasteiger partial charge in [-0.05, 0) is 26.0 Å². The summed E-state index contributed by atoms with van der Waals surface area (Å²) >= 11 is 0. The first-order chi connectivity index (χ1) is 9.18. The maximum Gasteiger partial charge on any atom is 0.152 e. The molecule has 4 nitrogen and oxygen atoms in total. The predicted molar refractivity (Wildman–Crippen MR) is 74.7 cm³/mol. The van der Waals surface area contributed by atoms with Crippen LogP contribution in [0.25, 0.3) is 0 Å². The molecule has 0 aliphatic heterocycles. The van der Waals surface area contributed by atoms with Gasteiger partial charge in [0.1, 0.15) is 12.3 Å². The highest BCUT2D eigenvalue weighted by Crippen LogP contribution is 2.16. The van der Waals surface area contributed by atoms with Crippen molar-refractivity contribution >= 4 is 11.4 Å². The topological polar surface area (TPSA) is 58.6 Å². The number of nitrogens with zero attached hydrogens (tertiary/aromatic N) is 1. The van der Waals surface area contributed by atoms with Gasteiger partial charge in [-0.15, -0.1) is 0 Å². The summed E-state index contributed by atoms with van der Waals surface area (Å²) in [5, 5.41) is 12.1. The van der Waals surface area contributed by atoms with Gasteiger partial charge in [-0.3, -0.25) is 5.41 Å². The Morgan fingerprint density at radius 1 is 1.21 bits per heavy atom. The maximum absolute atomic E-state index is 8.16. The van der Waals surface area contributed by atoms with Crippen molar-refractivity contribution in [3.63, 3.8) is 0 Å². The van der Waals surface area contributed by atoms with Crippen LogP contribution in [0, 0.1) is 5.41 Å². The lowest BCUT2D eigenvalue weighted by atomic mass is 10.0. The Kier molecular flexibility index (Phi) is 4.13. The lowest BCUT2D eigenvalue weighted by Crippen LogP contribution is -2.05. The summed E-state index contributed by atoms with van der Waals surface area (Å²) in [4.78, 5) is 5.25. The highest BCUT2D eigenvalue weighted by molar-refractivity contribution is 6.09. The zero-order chi connectivity index (χ0) is 13.7. The molecule has 1 aromatic carbocycles. The van der Waals surface area contributed by atoms with Crippen molar-refractivity contribution < 1.29 is 9.25 Å². The Labute approximate surface area is 112 Å². The number of oxime groups is 1. The number of nitrogens with one attached hydrogen (secondary N) is 1. The standard InChI is InChI=1S/C15H16N2O2/c1-11(2)17-19-10-12-6-3-4-7-13(12)15(16)14-8-5-9-18-14/h3-9,16H,10H2,1-2H3. The number of rotatable bonds is 5. The van der Waals surface area contributed by atoms with Crippen LogP contribution in [0.2, 0.25) is 0 Å². The van der Waals surface area contributed by atoms with E-state index in [4.69, 9.17) is 14.7 Å². The van der Waals surface area contributed by atoms with Crippen molar-refractivity contribution in [1.82, 2.24) is 0 Å². The molecule has 98 valence electrons. The van der Waals surface area contributed by atoms with E-state index < -0.39 is 0 Å². The van der Waals surface area contributed by atoms with E-state index in [0.29, 0.717) is 18.1 Å². The Balaban J connectivity index is 2.21. The molecular formula is C15H16N2O2. The minimum Gasteiger partial charge on any atom is -0.463 e. The molecule has 2 rings (SSSR count). The van der Waals surface area contributed by atoms with Gasteiger partial charge in [0.05, 0.1) is 12.0 Å². The van der Waals surface area contributed by atoms with Crippen LogP contribution in [-0.4, -0.2) is 11.4 Å². The largest absolute Gasteiger partial charge is 0.463 e. The molecule has 0 atom stereocenters. The van der Waals surface area contributed by atoms with Crippen LogP contribution in [0.3, 0.4) is 0 Å². The molecule has 0 amide bonds. The number of hydrogen-bond donors (Lipinski definition) is 1. The van der Waals surface area contributed by atoms with Crippen LogP contribution >= 0.6 is 0 Å². The van der Waals surface area contributed by atoms with Gasteiger partial charge in [-0.1, -0.05) is 29.4 Å². The second-order valence-corrected chi connectivity index (χ2v) is 4.32. The van der Waals surface area contributed by atoms with Crippen molar-refractivity contribution in [3.05, 3.63) is 59.5 Å². The fourth-order valence-corrected chi connectivity index (χ4v) is 1.67. The molecule has 2 aromatic rings. The van der Waals surface area contributed by atoms with Gasteiger partial charge in [-0.25, -0.2) is 0 Å². The van der Waals surface area contributed by atoms with Crippen LogP contribution in [-0.2, 0) is 11.4 Å². The first kappa shape index (κ1) is 13.1. The molecule has 4 heteroatoms. The summed E-state index contributed by atoms with van der Waals surface area (Å²) in [5.74, 6) is 0.544. The van der Waals surface area contributed by atoms with Crippen molar-refractivity contribution in [2.45, 2.75) is 20.5 Å². The lowest BCUT2D eigenvalue weighted by molar-refractivity contribution is 0.130. The third kappa shape index (κ3) is 3.31. The third-order valence-electron chi connectivity index (χ3n) is 2.52. The molecule has 1 N–H and O–H groups in total. The van der Waals surface area contributed by atoms with Crippen molar-refractivity contribution in [2.24, 2.45) is 5.16 Å². The molecule has 1 aromatic heterocycles. The molecule has 0 saturated heterocycles. The third-order valence-corrected chi connectivity index (χ3v) is 2.52. The second kappa shape index (κ2) is 6.00. The SMILES string of the molecule is CC(C)=NOCc1ccccc1C(=N)c1ccco1. The first-order valence-corrected chi connectivity index (χ1v) is 6.02. The predicted octanol–water partition coefficient (Wildman–Crippen LogP) is 3.61. The van der Waals surface area contributed by atoms with Gasteiger partial charge in [-0.2, -0.15) is 0 Å². The van der Waals surface area contributed by atoms with Crippen LogP contribution in [0.1, 0.15) is 30.7 Å². The van der Waals surface area contributed by atoms with Crippen LogP contribution in [0.4, 0.5) is 0 Å². The summed E-state index contributed by atoms with van der Waals surface area (Å²) in [6.07, 6.45) is 1.56. The Hall–Kier alpha value is -2.36. The molecule has 0 fully saturated rings. The fourth-order valence-electron chi connectivity index (χ4n) is 1.67. The van der Waals surface area contributed by atoms with Crippen LogP contribution in [0.15, 0.2) is 52.2 Å². The van der Waals surface area contributed by atoms with Crippen molar-refractivity contribution in [3.8, 4) is 0 Å². The van der Waals surface area contributed by atoms with E-state index in [1.165, 1.54) is 0 Å². The Morgan fingerprint density at radius 3 is 2.68 bits per heavy atom. The Bertz CT molecular complexity index is 582. The number of hydrogen-bond acceptors (Lipinski definition) is 4. The molecule has 0 unspecified atom stereocenters. The van der Waals surface area contributed by atoms with Crippen molar-refractivity contribution in [1.29, 1.82) is 5.41 Å². The van der Waals surface area contributed by atoms with E-state index in [0.717, 1.165) is 16.8 Å². The summed E-state index contributed by atoms with van der Waals surface area (Å²) in [7, 11) is 0. The molecule has 0 aliphatic rings. The summed E-state index contributed by atoms with van der Waals surface area (Å²) in [6, 6.07) is 11.2. The average molecular weight is 256 g/mol. The van der Waals surface area contributed by atoms with E-state index in [9.17, 15) is 0 Å². The summed E-state index contributed by atoms with van der Waals surface area (Å²) < 4.78 is 5.25. The van der Waals surface area contributed by atoms with Crippen LogP contribution < -0.4 is 0 Å². The highest BCUT2D eigenvalue weighted by Gasteiger charge is 2.11. The smallest absolute Gasteiger partial charge is 0.152 e. The van der Waals surface area contributed by atoms with Gasteiger partial charge in [0.25, 0.3) is 0 Å². The second-order valence-electron chi connectivity index (χ2n) is 4.32. The van der Waals surface area contributed by atoms with Gasteiger partial charge >= 0.3 is 0 Å². The fraction of sp³-hybridized carbons (Fsp3) is 0.200. The molecule has 0 spiro atoms. The molecule has 0 aliphatic carbocycles. The molecule has 19 heavy (non-hydrogen) atoms. The van der Waals surface area contributed by atoms with E-state index >= 15 is 0 Å². The normalized spacial score (nSPS) is 10.0. The van der Waals surface area contributed by atoms with E-state index in [2.05, 4.69) is 5.16 Å².